The number of nitrogens with one attached hydrogen (secondary N) is 2. The lowest BCUT2D eigenvalue weighted by Crippen LogP contribution is -2.40. The first-order chi connectivity index (χ1) is 11.1. The summed E-state index contributed by atoms with van der Waals surface area (Å²) in [6.07, 6.45) is 5.41. The SMILES string of the molecule is C[C@@H](CNC(=O)NCc1ccccc1N1CCCCC1)[S@@](C)=O. The molecule has 128 valence electrons. The highest BCUT2D eigenvalue weighted by Gasteiger charge is 2.14. The number of piperidine rings is 1. The van der Waals surface area contributed by atoms with Crippen molar-refractivity contribution in [3.8, 4) is 0 Å². The number of anilines is 1. The van der Waals surface area contributed by atoms with Crippen molar-refractivity contribution in [2.45, 2.75) is 38.0 Å². The summed E-state index contributed by atoms with van der Waals surface area (Å²) in [5.41, 5.74) is 2.35. The Labute approximate surface area is 141 Å². The Kier molecular flexibility index (Phi) is 6.89. The van der Waals surface area contributed by atoms with Crippen molar-refractivity contribution < 1.29 is 9.00 Å². The molecule has 2 N–H and O–H groups in total. The molecule has 1 fully saturated rings. The van der Waals surface area contributed by atoms with Crippen molar-refractivity contribution in [1.29, 1.82) is 0 Å². The van der Waals surface area contributed by atoms with E-state index in [2.05, 4.69) is 27.7 Å². The number of hydrogen-bond acceptors (Lipinski definition) is 3. The van der Waals surface area contributed by atoms with Crippen LogP contribution in [0.1, 0.15) is 31.7 Å². The molecule has 23 heavy (non-hydrogen) atoms. The summed E-state index contributed by atoms with van der Waals surface area (Å²) in [6.45, 7) is 4.96. The van der Waals surface area contributed by atoms with Gasteiger partial charge in [0, 0.05) is 54.2 Å². The van der Waals surface area contributed by atoms with Gasteiger partial charge in [-0.25, -0.2) is 4.79 Å². The molecule has 2 atom stereocenters. The summed E-state index contributed by atoms with van der Waals surface area (Å²) < 4.78 is 11.3. The van der Waals surface area contributed by atoms with Crippen LogP contribution < -0.4 is 15.5 Å². The van der Waals surface area contributed by atoms with E-state index in [-0.39, 0.29) is 11.3 Å². The van der Waals surface area contributed by atoms with Crippen molar-refractivity contribution in [2.75, 3.05) is 30.8 Å². The molecule has 5 nitrogen and oxygen atoms in total. The second-order valence-electron chi connectivity index (χ2n) is 6.05. The normalized spacial score (nSPS) is 17.4. The predicted octanol–water partition coefficient (Wildman–Crippen LogP) is 2.24. The molecule has 1 aliphatic rings. The molecular formula is C17H27N3O2S. The zero-order valence-corrected chi connectivity index (χ0v) is 14.8. The van der Waals surface area contributed by atoms with Gasteiger partial charge in [0.05, 0.1) is 0 Å². The number of amides is 2. The first-order valence-corrected chi connectivity index (χ1v) is 9.87. The predicted molar refractivity (Wildman–Crippen MR) is 96.3 cm³/mol. The van der Waals surface area contributed by atoms with Crippen LogP contribution in [0.2, 0.25) is 0 Å². The van der Waals surface area contributed by atoms with Crippen molar-refractivity contribution in [1.82, 2.24) is 10.6 Å². The molecule has 0 aliphatic carbocycles. The van der Waals surface area contributed by atoms with Crippen molar-refractivity contribution >= 4 is 22.5 Å². The van der Waals surface area contributed by atoms with E-state index in [1.54, 1.807) is 6.26 Å². The van der Waals surface area contributed by atoms with E-state index in [9.17, 15) is 9.00 Å². The number of carbonyl (C=O) groups excluding carboxylic acids is 1. The van der Waals surface area contributed by atoms with Gasteiger partial charge in [-0.1, -0.05) is 18.2 Å². The Hall–Kier alpha value is -1.56. The topological polar surface area (TPSA) is 61.4 Å². The lowest BCUT2D eigenvalue weighted by molar-refractivity contribution is 0.240. The van der Waals surface area contributed by atoms with E-state index in [0.29, 0.717) is 13.1 Å². The zero-order valence-electron chi connectivity index (χ0n) is 14.0. The number of rotatable bonds is 6. The molecule has 0 bridgehead atoms. The number of carbonyl (C=O) groups is 1. The third kappa shape index (κ3) is 5.53. The van der Waals surface area contributed by atoms with Gasteiger partial charge in [0.1, 0.15) is 0 Å². The minimum absolute atomic E-state index is 0.0404. The van der Waals surface area contributed by atoms with Crippen LogP contribution in [0.3, 0.4) is 0 Å². The lowest BCUT2D eigenvalue weighted by Gasteiger charge is -2.30. The molecule has 1 heterocycles. The largest absolute Gasteiger partial charge is 0.371 e. The zero-order chi connectivity index (χ0) is 16.7. The summed E-state index contributed by atoms with van der Waals surface area (Å²) in [5, 5.41) is 5.63. The standard InChI is InChI=1S/C17H27N3O2S/c1-14(23(2)22)12-18-17(21)19-13-15-8-4-5-9-16(15)20-10-6-3-7-11-20/h4-5,8-9,14H,3,6-7,10-13H2,1-2H3,(H2,18,19,21)/t14-,23+/m0/s1. The second kappa shape index (κ2) is 8.91. The molecule has 6 heteroatoms. The van der Waals surface area contributed by atoms with Crippen LogP contribution >= 0.6 is 0 Å². The fourth-order valence-electron chi connectivity index (χ4n) is 2.70. The third-order valence-corrected chi connectivity index (χ3v) is 5.54. The molecule has 1 aromatic carbocycles. The van der Waals surface area contributed by atoms with Crippen LogP contribution in [0.4, 0.5) is 10.5 Å². The Bertz CT molecular complexity index is 544. The maximum Gasteiger partial charge on any atom is 0.315 e. The van der Waals surface area contributed by atoms with Gasteiger partial charge in [0.25, 0.3) is 0 Å². The fraction of sp³-hybridized carbons (Fsp3) is 0.588. The molecule has 2 rings (SSSR count). The van der Waals surface area contributed by atoms with Gasteiger partial charge in [0.2, 0.25) is 0 Å². The van der Waals surface area contributed by atoms with Gasteiger partial charge in [0.15, 0.2) is 0 Å². The van der Waals surface area contributed by atoms with E-state index in [0.717, 1.165) is 18.7 Å². The molecule has 1 aliphatic heterocycles. The molecule has 0 aromatic heterocycles. The van der Waals surface area contributed by atoms with Crippen LogP contribution in [0.5, 0.6) is 0 Å². The lowest BCUT2D eigenvalue weighted by atomic mass is 10.1. The first kappa shape index (κ1) is 17.8. The van der Waals surface area contributed by atoms with Crippen LogP contribution in [0.15, 0.2) is 24.3 Å². The average Bonchev–Trinajstić information content (AvgIpc) is 2.58. The Morgan fingerprint density at radius 2 is 1.91 bits per heavy atom. The minimum Gasteiger partial charge on any atom is -0.371 e. The summed E-state index contributed by atoms with van der Waals surface area (Å²) in [6, 6.07) is 8.03. The maximum absolute atomic E-state index is 11.9. The molecule has 0 saturated carbocycles. The quantitative estimate of drug-likeness (QED) is 0.837. The number of benzene rings is 1. The summed E-state index contributed by atoms with van der Waals surface area (Å²) >= 11 is 0. The Balaban J connectivity index is 1.87. The van der Waals surface area contributed by atoms with Crippen LogP contribution in [-0.2, 0) is 17.3 Å². The monoisotopic (exact) mass is 337 g/mol. The molecule has 1 saturated heterocycles. The van der Waals surface area contributed by atoms with E-state index in [4.69, 9.17) is 0 Å². The number of hydrogen-bond donors (Lipinski definition) is 2. The minimum atomic E-state index is -0.923. The second-order valence-corrected chi connectivity index (χ2v) is 7.85. The first-order valence-electron chi connectivity index (χ1n) is 8.24. The summed E-state index contributed by atoms with van der Waals surface area (Å²) in [7, 11) is -0.923. The van der Waals surface area contributed by atoms with Gasteiger partial charge in [-0.05, 0) is 37.8 Å². The molecule has 0 radical (unpaired) electrons. The van der Waals surface area contributed by atoms with Gasteiger partial charge in [-0.15, -0.1) is 0 Å². The highest BCUT2D eigenvalue weighted by molar-refractivity contribution is 7.84. The highest BCUT2D eigenvalue weighted by Crippen LogP contribution is 2.23. The van der Waals surface area contributed by atoms with E-state index >= 15 is 0 Å². The van der Waals surface area contributed by atoms with E-state index in [1.165, 1.54) is 24.9 Å². The van der Waals surface area contributed by atoms with Gasteiger partial charge >= 0.3 is 6.03 Å². The number of para-hydroxylation sites is 1. The summed E-state index contributed by atoms with van der Waals surface area (Å²) in [5.74, 6) is 0. The van der Waals surface area contributed by atoms with Gasteiger partial charge in [-0.3, -0.25) is 4.21 Å². The van der Waals surface area contributed by atoms with E-state index < -0.39 is 10.8 Å². The number of urea groups is 1. The average molecular weight is 337 g/mol. The fourth-order valence-corrected chi connectivity index (χ4v) is 3.01. The highest BCUT2D eigenvalue weighted by atomic mass is 32.2. The summed E-state index contributed by atoms with van der Waals surface area (Å²) in [4.78, 5) is 14.3. The maximum atomic E-state index is 11.9. The molecular weight excluding hydrogens is 310 g/mol. The van der Waals surface area contributed by atoms with Crippen molar-refractivity contribution in [3.05, 3.63) is 29.8 Å². The van der Waals surface area contributed by atoms with Gasteiger partial charge in [-0.2, -0.15) is 0 Å². The van der Waals surface area contributed by atoms with Crippen LogP contribution in [-0.4, -0.2) is 41.4 Å². The Morgan fingerprint density at radius 3 is 2.61 bits per heavy atom. The van der Waals surface area contributed by atoms with Gasteiger partial charge < -0.3 is 15.5 Å². The van der Waals surface area contributed by atoms with Crippen LogP contribution in [0.25, 0.3) is 0 Å². The van der Waals surface area contributed by atoms with E-state index in [1.807, 2.05) is 19.1 Å². The van der Waals surface area contributed by atoms with Crippen molar-refractivity contribution in [3.63, 3.8) is 0 Å². The molecule has 0 spiro atoms. The Morgan fingerprint density at radius 1 is 1.22 bits per heavy atom. The van der Waals surface area contributed by atoms with Crippen LogP contribution in [0, 0.1) is 0 Å². The smallest absolute Gasteiger partial charge is 0.315 e. The molecule has 2 amide bonds. The molecule has 1 aromatic rings. The molecule has 0 unspecified atom stereocenters. The number of nitrogens with zero attached hydrogens (tertiary/aromatic N) is 1. The third-order valence-electron chi connectivity index (χ3n) is 4.24. The van der Waals surface area contributed by atoms with Crippen molar-refractivity contribution in [2.24, 2.45) is 0 Å².